The van der Waals surface area contributed by atoms with Crippen molar-refractivity contribution in [3.63, 3.8) is 0 Å². The lowest BCUT2D eigenvalue weighted by Crippen LogP contribution is -2.44. The van der Waals surface area contributed by atoms with Crippen LogP contribution in [0.4, 0.5) is 4.39 Å². The van der Waals surface area contributed by atoms with E-state index in [0.29, 0.717) is 31.0 Å². The number of carbonyl (C=O) groups is 1. The second-order valence-electron chi connectivity index (χ2n) is 6.22. The fourth-order valence-corrected chi connectivity index (χ4v) is 2.47. The largest absolute Gasteiger partial charge is 0.356 e. The molecule has 0 radical (unpaired) electrons. The summed E-state index contributed by atoms with van der Waals surface area (Å²) in [6.45, 7) is 11.2. The SMILES string of the molecule is CC(C)C1CCNC(=O)C1.CC(C)N1CCOC(F)C1. The lowest BCUT2D eigenvalue weighted by molar-refractivity contribution is -0.123. The molecule has 2 rings (SSSR count). The first kappa shape index (κ1) is 17.4. The molecular weight excluding hydrogens is 259 g/mol. The molecule has 0 aromatic rings. The second-order valence-corrected chi connectivity index (χ2v) is 6.22. The van der Waals surface area contributed by atoms with Crippen molar-refractivity contribution in [3.05, 3.63) is 0 Å². The number of ether oxygens (including phenoxy) is 1. The maximum Gasteiger partial charge on any atom is 0.220 e. The number of piperidine rings is 1. The lowest BCUT2D eigenvalue weighted by atomic mass is 9.87. The third kappa shape index (κ3) is 6.18. The number of halogens is 1. The molecular formula is C15H29FN2O2. The molecule has 0 bridgehead atoms. The normalized spacial score (nSPS) is 28.1. The monoisotopic (exact) mass is 288 g/mol. The molecule has 0 aliphatic carbocycles. The Kier molecular flexibility index (Phi) is 7.45. The Balaban J connectivity index is 0.000000200. The van der Waals surface area contributed by atoms with Crippen LogP contribution >= 0.6 is 0 Å². The van der Waals surface area contributed by atoms with Crippen molar-refractivity contribution in [2.75, 3.05) is 26.2 Å². The van der Waals surface area contributed by atoms with E-state index in [-0.39, 0.29) is 5.91 Å². The predicted molar refractivity (Wildman–Crippen MR) is 78.1 cm³/mol. The molecule has 0 aromatic heterocycles. The van der Waals surface area contributed by atoms with Crippen LogP contribution in [0.25, 0.3) is 0 Å². The molecule has 4 nitrogen and oxygen atoms in total. The van der Waals surface area contributed by atoms with E-state index in [2.05, 4.69) is 37.9 Å². The van der Waals surface area contributed by atoms with Gasteiger partial charge < -0.3 is 10.1 Å². The molecule has 2 aliphatic heterocycles. The molecule has 2 fully saturated rings. The van der Waals surface area contributed by atoms with E-state index in [1.807, 2.05) is 0 Å². The number of morpholine rings is 1. The zero-order valence-electron chi connectivity index (χ0n) is 13.2. The summed E-state index contributed by atoms with van der Waals surface area (Å²) < 4.78 is 17.3. The summed E-state index contributed by atoms with van der Waals surface area (Å²) in [5.74, 6) is 1.50. The zero-order valence-corrected chi connectivity index (χ0v) is 13.2. The van der Waals surface area contributed by atoms with Crippen molar-refractivity contribution in [1.29, 1.82) is 0 Å². The van der Waals surface area contributed by atoms with Crippen LogP contribution in [0.1, 0.15) is 40.5 Å². The summed E-state index contributed by atoms with van der Waals surface area (Å²) in [4.78, 5) is 12.9. The van der Waals surface area contributed by atoms with Gasteiger partial charge in [0.1, 0.15) is 0 Å². The van der Waals surface area contributed by atoms with E-state index < -0.39 is 6.36 Å². The van der Waals surface area contributed by atoms with Gasteiger partial charge in [-0.15, -0.1) is 0 Å². The van der Waals surface area contributed by atoms with Crippen molar-refractivity contribution >= 4 is 5.91 Å². The average Bonchev–Trinajstić information content (AvgIpc) is 2.39. The number of alkyl halides is 1. The first-order chi connectivity index (χ1) is 9.40. The Hall–Kier alpha value is -0.680. The van der Waals surface area contributed by atoms with Gasteiger partial charge in [-0.25, -0.2) is 4.39 Å². The number of carbonyl (C=O) groups excluding carboxylic acids is 1. The molecule has 20 heavy (non-hydrogen) atoms. The number of nitrogens with one attached hydrogen (secondary N) is 1. The molecule has 0 spiro atoms. The highest BCUT2D eigenvalue weighted by molar-refractivity contribution is 5.76. The second kappa shape index (κ2) is 8.57. The Bertz CT molecular complexity index is 298. The minimum Gasteiger partial charge on any atom is -0.356 e. The number of nitrogens with zero attached hydrogens (tertiary/aromatic N) is 1. The summed E-state index contributed by atoms with van der Waals surface area (Å²) in [6.07, 6.45) is 0.817. The third-order valence-corrected chi connectivity index (χ3v) is 4.01. The highest BCUT2D eigenvalue weighted by Gasteiger charge is 2.21. The van der Waals surface area contributed by atoms with Gasteiger partial charge in [0.15, 0.2) is 0 Å². The van der Waals surface area contributed by atoms with Crippen molar-refractivity contribution in [2.24, 2.45) is 11.8 Å². The summed E-state index contributed by atoms with van der Waals surface area (Å²) in [5.41, 5.74) is 0. The van der Waals surface area contributed by atoms with Crippen LogP contribution in [0, 0.1) is 11.8 Å². The Morgan fingerprint density at radius 2 is 2.05 bits per heavy atom. The van der Waals surface area contributed by atoms with E-state index in [1.54, 1.807) is 0 Å². The molecule has 2 aliphatic rings. The third-order valence-electron chi connectivity index (χ3n) is 4.01. The van der Waals surface area contributed by atoms with Crippen molar-refractivity contribution < 1.29 is 13.9 Å². The van der Waals surface area contributed by atoms with E-state index in [0.717, 1.165) is 25.9 Å². The van der Waals surface area contributed by atoms with Crippen molar-refractivity contribution in [3.8, 4) is 0 Å². The molecule has 2 heterocycles. The van der Waals surface area contributed by atoms with Crippen LogP contribution in [0.2, 0.25) is 0 Å². The summed E-state index contributed by atoms with van der Waals surface area (Å²) >= 11 is 0. The van der Waals surface area contributed by atoms with Crippen LogP contribution in [-0.2, 0) is 9.53 Å². The lowest BCUT2D eigenvalue weighted by Gasteiger charge is -2.31. The van der Waals surface area contributed by atoms with E-state index >= 15 is 0 Å². The van der Waals surface area contributed by atoms with Gasteiger partial charge in [-0.2, -0.15) is 0 Å². The van der Waals surface area contributed by atoms with Crippen LogP contribution < -0.4 is 5.32 Å². The quantitative estimate of drug-likeness (QED) is 0.847. The number of rotatable bonds is 2. The number of hydrogen-bond donors (Lipinski definition) is 1. The predicted octanol–water partition coefficient (Wildman–Crippen LogP) is 2.19. The topological polar surface area (TPSA) is 41.6 Å². The summed E-state index contributed by atoms with van der Waals surface area (Å²) in [7, 11) is 0. The smallest absolute Gasteiger partial charge is 0.220 e. The number of amides is 1. The van der Waals surface area contributed by atoms with Gasteiger partial charge in [-0.3, -0.25) is 9.69 Å². The summed E-state index contributed by atoms with van der Waals surface area (Å²) in [5, 5.41) is 2.83. The fraction of sp³-hybridized carbons (Fsp3) is 0.933. The molecule has 0 aromatic carbocycles. The molecule has 1 N–H and O–H groups in total. The Morgan fingerprint density at radius 1 is 1.35 bits per heavy atom. The van der Waals surface area contributed by atoms with Gasteiger partial charge in [0.05, 0.1) is 13.2 Å². The molecule has 2 atom stereocenters. The van der Waals surface area contributed by atoms with E-state index in [4.69, 9.17) is 4.74 Å². The standard InChI is InChI=1S/C8H15NO.C7H14FNO/c1-6(2)7-3-4-9-8(10)5-7;1-6(2)9-3-4-10-7(8)5-9/h6-7H,3-5H2,1-2H3,(H,9,10);6-7H,3-5H2,1-2H3. The molecule has 5 heteroatoms. The van der Waals surface area contributed by atoms with Gasteiger partial charge in [0, 0.05) is 25.6 Å². The first-order valence-electron chi connectivity index (χ1n) is 7.66. The molecule has 2 saturated heterocycles. The van der Waals surface area contributed by atoms with E-state index in [1.165, 1.54) is 0 Å². The van der Waals surface area contributed by atoms with E-state index in [9.17, 15) is 9.18 Å². The first-order valence-corrected chi connectivity index (χ1v) is 7.66. The van der Waals surface area contributed by atoms with Crippen LogP contribution in [0.15, 0.2) is 0 Å². The zero-order chi connectivity index (χ0) is 15.1. The minimum atomic E-state index is -1.07. The molecule has 0 saturated carbocycles. The minimum absolute atomic E-state index is 0.227. The van der Waals surface area contributed by atoms with Crippen molar-refractivity contribution in [2.45, 2.75) is 52.9 Å². The highest BCUT2D eigenvalue weighted by atomic mass is 19.1. The van der Waals surface area contributed by atoms with Crippen LogP contribution in [0.3, 0.4) is 0 Å². The average molecular weight is 288 g/mol. The summed E-state index contributed by atoms with van der Waals surface area (Å²) in [6, 6.07) is 0.433. The highest BCUT2D eigenvalue weighted by Crippen LogP contribution is 2.20. The van der Waals surface area contributed by atoms with Gasteiger partial charge in [0.2, 0.25) is 12.3 Å². The van der Waals surface area contributed by atoms with Gasteiger partial charge in [-0.1, -0.05) is 13.8 Å². The molecule has 2 unspecified atom stereocenters. The van der Waals surface area contributed by atoms with Crippen LogP contribution in [-0.4, -0.2) is 49.4 Å². The molecule has 118 valence electrons. The van der Waals surface area contributed by atoms with Gasteiger partial charge in [0.25, 0.3) is 0 Å². The maximum absolute atomic E-state index is 12.5. The Labute approximate surface area is 122 Å². The van der Waals surface area contributed by atoms with Crippen molar-refractivity contribution in [1.82, 2.24) is 10.2 Å². The Morgan fingerprint density at radius 3 is 2.45 bits per heavy atom. The maximum atomic E-state index is 12.5. The number of hydrogen-bond acceptors (Lipinski definition) is 3. The molecule has 1 amide bonds. The van der Waals surface area contributed by atoms with Gasteiger partial charge >= 0.3 is 0 Å². The van der Waals surface area contributed by atoms with Gasteiger partial charge in [-0.05, 0) is 32.1 Å². The van der Waals surface area contributed by atoms with Crippen LogP contribution in [0.5, 0.6) is 0 Å². The fourth-order valence-electron chi connectivity index (χ4n) is 2.47.